The van der Waals surface area contributed by atoms with Gasteiger partial charge in [-0.15, -0.1) is 0 Å². The standard InChI is InChI=1S/C31H33N5O4/c1-17-15-31(13-14-39-26-18(2)19(3)33-29(34-26)35(5)6)25-24(30(17,4)40-31)27(37)36(28(25)38)23-12-11-20(16-32)21-9-7-8-10-22(21)23/h7-12,17,24-25H,13-15H2,1-6H3/t17-,24-,25+,30-,31+/m0/s1. The number of carbonyl (C=O) groups is 2. The molecule has 0 saturated carbocycles. The van der Waals surface area contributed by atoms with E-state index in [1.165, 1.54) is 4.90 Å². The van der Waals surface area contributed by atoms with E-state index >= 15 is 0 Å². The summed E-state index contributed by atoms with van der Waals surface area (Å²) in [6.07, 6.45) is 1.12. The van der Waals surface area contributed by atoms with Gasteiger partial charge in [0.25, 0.3) is 0 Å². The minimum absolute atomic E-state index is 0.0894. The van der Waals surface area contributed by atoms with Crippen molar-refractivity contribution in [1.29, 1.82) is 5.26 Å². The summed E-state index contributed by atoms with van der Waals surface area (Å²) >= 11 is 0. The number of rotatable bonds is 6. The molecule has 0 N–H and O–H groups in total. The van der Waals surface area contributed by atoms with Gasteiger partial charge in [-0.1, -0.05) is 31.2 Å². The van der Waals surface area contributed by atoms with Gasteiger partial charge in [0.1, 0.15) is 0 Å². The van der Waals surface area contributed by atoms with Gasteiger partial charge in [-0.3, -0.25) is 9.59 Å². The van der Waals surface area contributed by atoms with Gasteiger partial charge in [0, 0.05) is 42.5 Å². The molecule has 4 heterocycles. The maximum Gasteiger partial charge on any atom is 0.240 e. The number of benzene rings is 2. The first-order valence-corrected chi connectivity index (χ1v) is 13.7. The van der Waals surface area contributed by atoms with Crippen molar-refractivity contribution in [3.05, 3.63) is 53.2 Å². The van der Waals surface area contributed by atoms with Crippen molar-refractivity contribution in [2.75, 3.05) is 30.5 Å². The van der Waals surface area contributed by atoms with Gasteiger partial charge >= 0.3 is 0 Å². The molecule has 3 aliphatic heterocycles. The summed E-state index contributed by atoms with van der Waals surface area (Å²) in [5, 5.41) is 11.0. The zero-order chi connectivity index (χ0) is 28.6. The number of aromatic nitrogens is 2. The van der Waals surface area contributed by atoms with Gasteiger partial charge in [0.05, 0.1) is 47.0 Å². The molecule has 2 bridgehead atoms. The molecule has 206 valence electrons. The minimum Gasteiger partial charge on any atom is -0.477 e. The maximum atomic E-state index is 14.2. The highest BCUT2D eigenvalue weighted by molar-refractivity contribution is 6.26. The molecule has 40 heavy (non-hydrogen) atoms. The summed E-state index contributed by atoms with van der Waals surface area (Å²) in [7, 11) is 3.76. The van der Waals surface area contributed by atoms with Gasteiger partial charge in [-0.05, 0) is 45.2 Å². The molecule has 3 fully saturated rings. The maximum absolute atomic E-state index is 14.2. The number of ether oxygens (including phenoxy) is 2. The molecule has 2 aromatic carbocycles. The van der Waals surface area contributed by atoms with Crippen molar-refractivity contribution >= 4 is 34.2 Å². The number of hydrogen-bond acceptors (Lipinski definition) is 8. The fourth-order valence-corrected chi connectivity index (χ4v) is 7.01. The third kappa shape index (κ3) is 3.55. The second-order valence-electron chi connectivity index (χ2n) is 11.7. The summed E-state index contributed by atoms with van der Waals surface area (Å²) in [4.78, 5) is 40.5. The van der Waals surface area contributed by atoms with Crippen LogP contribution in [0.1, 0.15) is 43.5 Å². The van der Waals surface area contributed by atoms with Crippen LogP contribution in [0.4, 0.5) is 11.6 Å². The van der Waals surface area contributed by atoms with Crippen LogP contribution < -0.4 is 14.5 Å². The molecule has 3 aromatic rings. The molecule has 9 nitrogen and oxygen atoms in total. The Morgan fingerprint density at radius 2 is 1.80 bits per heavy atom. The fraction of sp³-hybridized carbons (Fsp3) is 0.452. The molecule has 0 spiro atoms. The summed E-state index contributed by atoms with van der Waals surface area (Å²) in [6.45, 7) is 8.21. The summed E-state index contributed by atoms with van der Waals surface area (Å²) in [5.41, 5.74) is 1.15. The Morgan fingerprint density at radius 3 is 2.50 bits per heavy atom. The van der Waals surface area contributed by atoms with Crippen LogP contribution in [0.3, 0.4) is 0 Å². The first-order valence-electron chi connectivity index (χ1n) is 13.7. The Kier molecular flexibility index (Phi) is 5.89. The number of hydrogen-bond donors (Lipinski definition) is 0. The zero-order valence-corrected chi connectivity index (χ0v) is 23.7. The number of fused-ring (bicyclic) bond motifs is 6. The Morgan fingerprint density at radius 1 is 1.10 bits per heavy atom. The van der Waals surface area contributed by atoms with Crippen molar-refractivity contribution in [2.24, 2.45) is 17.8 Å². The van der Waals surface area contributed by atoms with Crippen LogP contribution in [0.25, 0.3) is 10.8 Å². The largest absolute Gasteiger partial charge is 0.477 e. The van der Waals surface area contributed by atoms with E-state index in [2.05, 4.69) is 23.0 Å². The average molecular weight is 540 g/mol. The summed E-state index contributed by atoms with van der Waals surface area (Å²) < 4.78 is 12.9. The molecule has 6 rings (SSSR count). The average Bonchev–Trinajstić information content (AvgIpc) is 3.46. The van der Waals surface area contributed by atoms with E-state index in [-0.39, 0.29) is 24.3 Å². The lowest BCUT2D eigenvalue weighted by Crippen LogP contribution is -2.46. The van der Waals surface area contributed by atoms with Gasteiger partial charge in [-0.2, -0.15) is 10.2 Å². The van der Waals surface area contributed by atoms with Crippen molar-refractivity contribution < 1.29 is 19.1 Å². The fourth-order valence-electron chi connectivity index (χ4n) is 7.01. The highest BCUT2D eigenvalue weighted by atomic mass is 16.5. The van der Waals surface area contributed by atoms with E-state index in [0.29, 0.717) is 41.3 Å². The van der Waals surface area contributed by atoms with Crippen LogP contribution in [-0.2, 0) is 14.3 Å². The van der Waals surface area contributed by atoms with Crippen molar-refractivity contribution in [3.63, 3.8) is 0 Å². The van der Waals surface area contributed by atoms with Gasteiger partial charge in [0.2, 0.25) is 23.6 Å². The smallest absolute Gasteiger partial charge is 0.240 e. The molecule has 0 radical (unpaired) electrons. The Balaban J connectivity index is 1.33. The Bertz CT molecular complexity index is 1610. The number of carbonyl (C=O) groups excluding carboxylic acids is 2. The van der Waals surface area contributed by atoms with Crippen molar-refractivity contribution in [3.8, 4) is 11.9 Å². The van der Waals surface area contributed by atoms with E-state index in [1.807, 2.05) is 64.0 Å². The molecule has 9 heteroatoms. The SMILES string of the molecule is Cc1nc(N(C)C)nc(OCC[C@]23C[C@H](C)[C@](C)(O2)[C@@H]2C(=O)N(c4ccc(C#N)c5ccccc45)C(=O)[C@@H]23)c1C. The van der Waals surface area contributed by atoms with Crippen LogP contribution in [0.15, 0.2) is 36.4 Å². The van der Waals surface area contributed by atoms with Crippen LogP contribution in [0, 0.1) is 42.9 Å². The van der Waals surface area contributed by atoms with Crippen molar-refractivity contribution in [1.82, 2.24) is 9.97 Å². The molecule has 3 saturated heterocycles. The molecule has 0 aliphatic carbocycles. The summed E-state index contributed by atoms with van der Waals surface area (Å²) in [6, 6.07) is 13.0. The predicted octanol–water partition coefficient (Wildman–Crippen LogP) is 4.33. The number of anilines is 2. The lowest BCUT2D eigenvalue weighted by molar-refractivity contribution is -0.131. The second-order valence-corrected chi connectivity index (χ2v) is 11.7. The van der Waals surface area contributed by atoms with E-state index < -0.39 is 23.0 Å². The van der Waals surface area contributed by atoms with Gasteiger partial charge in [0.15, 0.2) is 0 Å². The monoisotopic (exact) mass is 539 g/mol. The number of amides is 2. The first kappa shape index (κ1) is 26.2. The molecule has 1 aromatic heterocycles. The number of imide groups is 1. The normalized spacial score (nSPS) is 28.7. The Hall–Kier alpha value is -4.03. The van der Waals surface area contributed by atoms with Crippen LogP contribution in [0.5, 0.6) is 5.88 Å². The number of nitrogens with zero attached hydrogens (tertiary/aromatic N) is 5. The summed E-state index contributed by atoms with van der Waals surface area (Å²) in [5.74, 6) is -0.505. The first-order chi connectivity index (χ1) is 19.0. The molecule has 5 atom stereocenters. The van der Waals surface area contributed by atoms with E-state index in [4.69, 9.17) is 9.47 Å². The molecule has 2 amide bonds. The molecule has 3 aliphatic rings. The number of aryl methyl sites for hydroxylation is 1. The molecule has 0 unspecified atom stereocenters. The molecular formula is C31H33N5O4. The van der Waals surface area contributed by atoms with E-state index in [9.17, 15) is 14.9 Å². The van der Waals surface area contributed by atoms with Gasteiger partial charge < -0.3 is 14.4 Å². The predicted molar refractivity (Wildman–Crippen MR) is 150 cm³/mol. The van der Waals surface area contributed by atoms with Crippen LogP contribution in [-0.4, -0.2) is 53.7 Å². The lowest BCUT2D eigenvalue weighted by atomic mass is 9.63. The lowest BCUT2D eigenvalue weighted by Gasteiger charge is -2.34. The topological polar surface area (TPSA) is 109 Å². The van der Waals surface area contributed by atoms with Crippen molar-refractivity contribution in [2.45, 2.75) is 51.7 Å². The minimum atomic E-state index is -0.816. The highest BCUT2D eigenvalue weighted by Crippen LogP contribution is 2.64. The number of nitriles is 1. The second kappa shape index (κ2) is 9.00. The molecular weight excluding hydrogens is 506 g/mol. The van der Waals surface area contributed by atoms with E-state index in [0.717, 1.165) is 16.6 Å². The third-order valence-electron chi connectivity index (χ3n) is 9.30. The van der Waals surface area contributed by atoms with E-state index in [1.54, 1.807) is 12.1 Å². The van der Waals surface area contributed by atoms with Crippen LogP contribution in [0.2, 0.25) is 0 Å². The van der Waals surface area contributed by atoms with Gasteiger partial charge in [-0.25, -0.2) is 9.88 Å². The third-order valence-corrected chi connectivity index (χ3v) is 9.30. The highest BCUT2D eigenvalue weighted by Gasteiger charge is 2.76. The Labute approximate surface area is 233 Å². The zero-order valence-electron chi connectivity index (χ0n) is 23.7. The quantitative estimate of drug-likeness (QED) is 0.426. The van der Waals surface area contributed by atoms with Crippen LogP contribution >= 0.6 is 0 Å².